The molecule has 0 aliphatic rings. The number of hydrogen-bond acceptors (Lipinski definition) is 3. The molecule has 0 saturated carbocycles. The van der Waals surface area contributed by atoms with Crippen LogP contribution in [0.15, 0.2) is 16.7 Å². The minimum Gasteiger partial charge on any atom is -0.416 e. The van der Waals surface area contributed by atoms with Crippen LogP contribution >= 0.6 is 15.9 Å². The predicted molar refractivity (Wildman–Crippen MR) is 44.5 cm³/mol. The molecule has 0 aliphatic carbocycles. The summed E-state index contributed by atoms with van der Waals surface area (Å²) in [7, 11) is 0. The van der Waals surface area contributed by atoms with Gasteiger partial charge in [-0.1, -0.05) is 0 Å². The fourth-order valence-corrected chi connectivity index (χ4v) is 1.21. The van der Waals surface area contributed by atoms with Crippen molar-refractivity contribution in [2.24, 2.45) is 0 Å². The molecule has 1 heterocycles. The Morgan fingerprint density at radius 1 is 1.62 bits per heavy atom. The smallest absolute Gasteiger partial charge is 0.388 e. The fourth-order valence-electron chi connectivity index (χ4n) is 0.723. The van der Waals surface area contributed by atoms with Gasteiger partial charge in [-0.3, -0.25) is 0 Å². The van der Waals surface area contributed by atoms with Gasteiger partial charge < -0.3 is 9.84 Å². The predicted octanol–water partition coefficient (Wildman–Crippen LogP) is 1.94. The zero-order valence-electron chi connectivity index (χ0n) is 6.38. The number of hydrogen-bond donors (Lipinski definition) is 1. The standard InChI is InChI=1S/C7H6BrF2NO2/c8-5-1-4(3-12)2-11-6(5)13-7(9)10/h1-2,7,12H,3H2. The Bertz CT molecular complexity index is 296. The van der Waals surface area contributed by atoms with Gasteiger partial charge in [0.15, 0.2) is 0 Å². The first-order chi connectivity index (χ1) is 6.13. The Balaban J connectivity index is 2.85. The Labute approximate surface area is 81.5 Å². The number of aromatic nitrogens is 1. The van der Waals surface area contributed by atoms with Crippen LogP contribution in [0, 0.1) is 0 Å². The van der Waals surface area contributed by atoms with Gasteiger partial charge in [-0.25, -0.2) is 4.98 Å². The molecule has 0 fully saturated rings. The maximum absolute atomic E-state index is 11.8. The van der Waals surface area contributed by atoms with Crippen molar-refractivity contribution in [1.82, 2.24) is 4.98 Å². The molecular formula is C7H6BrF2NO2. The Kier molecular flexibility index (Phi) is 3.56. The molecule has 1 N–H and O–H groups in total. The van der Waals surface area contributed by atoms with Gasteiger partial charge in [-0.15, -0.1) is 0 Å². The second-order valence-corrected chi connectivity index (χ2v) is 3.02. The van der Waals surface area contributed by atoms with Gasteiger partial charge in [-0.2, -0.15) is 8.78 Å². The number of ether oxygens (including phenoxy) is 1. The summed E-state index contributed by atoms with van der Waals surface area (Å²) < 4.78 is 27.9. The van der Waals surface area contributed by atoms with E-state index in [1.54, 1.807) is 0 Å². The van der Waals surface area contributed by atoms with Crippen LogP contribution in [0.3, 0.4) is 0 Å². The number of aliphatic hydroxyl groups is 1. The summed E-state index contributed by atoms with van der Waals surface area (Å²) in [6.45, 7) is -3.09. The van der Waals surface area contributed by atoms with Gasteiger partial charge in [0, 0.05) is 6.20 Å². The average molecular weight is 254 g/mol. The van der Waals surface area contributed by atoms with E-state index in [1.807, 2.05) is 0 Å². The molecule has 1 rings (SSSR count). The number of halogens is 3. The molecule has 1 aromatic rings. The van der Waals surface area contributed by atoms with E-state index in [0.29, 0.717) is 10.0 Å². The minimum atomic E-state index is -2.90. The van der Waals surface area contributed by atoms with Crippen LogP contribution < -0.4 is 4.74 Å². The van der Waals surface area contributed by atoms with Crippen LogP contribution in [-0.2, 0) is 6.61 Å². The maximum Gasteiger partial charge on any atom is 0.388 e. The van der Waals surface area contributed by atoms with Crippen molar-refractivity contribution in [3.05, 3.63) is 22.3 Å². The second kappa shape index (κ2) is 4.48. The molecule has 3 nitrogen and oxygen atoms in total. The molecule has 6 heteroatoms. The fraction of sp³-hybridized carbons (Fsp3) is 0.286. The van der Waals surface area contributed by atoms with Gasteiger partial charge >= 0.3 is 6.61 Å². The quantitative estimate of drug-likeness (QED) is 0.896. The van der Waals surface area contributed by atoms with E-state index in [-0.39, 0.29) is 12.5 Å². The topological polar surface area (TPSA) is 42.4 Å². The zero-order chi connectivity index (χ0) is 9.84. The van der Waals surface area contributed by atoms with Crippen molar-refractivity contribution in [3.63, 3.8) is 0 Å². The van der Waals surface area contributed by atoms with E-state index in [1.165, 1.54) is 12.3 Å². The summed E-state index contributed by atoms with van der Waals surface area (Å²) in [6.07, 6.45) is 1.27. The lowest BCUT2D eigenvalue weighted by atomic mass is 10.3. The SMILES string of the molecule is OCc1cnc(OC(F)F)c(Br)c1. The molecule has 0 radical (unpaired) electrons. The molecular weight excluding hydrogens is 248 g/mol. The van der Waals surface area contributed by atoms with Crippen LogP contribution in [0.5, 0.6) is 5.88 Å². The number of pyridine rings is 1. The second-order valence-electron chi connectivity index (χ2n) is 2.17. The van der Waals surface area contributed by atoms with Crippen LogP contribution in [0.1, 0.15) is 5.56 Å². The molecule has 0 aliphatic heterocycles. The van der Waals surface area contributed by atoms with Crippen molar-refractivity contribution in [2.75, 3.05) is 0 Å². The minimum absolute atomic E-state index is 0.188. The van der Waals surface area contributed by atoms with Crippen molar-refractivity contribution < 1.29 is 18.6 Å². The van der Waals surface area contributed by atoms with E-state index in [2.05, 4.69) is 25.7 Å². The number of nitrogens with zero attached hydrogens (tertiary/aromatic N) is 1. The summed E-state index contributed by atoms with van der Waals surface area (Å²) in [5.41, 5.74) is 0.522. The number of alkyl halides is 2. The van der Waals surface area contributed by atoms with E-state index in [9.17, 15) is 8.78 Å². The lowest BCUT2D eigenvalue weighted by Crippen LogP contribution is -2.04. The third kappa shape index (κ3) is 2.89. The molecule has 0 saturated heterocycles. The first-order valence-corrected chi connectivity index (χ1v) is 4.13. The van der Waals surface area contributed by atoms with Crippen LogP contribution in [0.25, 0.3) is 0 Å². The van der Waals surface area contributed by atoms with Crippen molar-refractivity contribution in [3.8, 4) is 5.88 Å². The normalized spacial score (nSPS) is 10.5. The maximum atomic E-state index is 11.8. The number of aliphatic hydroxyl groups excluding tert-OH is 1. The first kappa shape index (κ1) is 10.3. The van der Waals surface area contributed by atoms with Gasteiger partial charge in [0.25, 0.3) is 0 Å². The Morgan fingerprint density at radius 3 is 2.77 bits per heavy atom. The van der Waals surface area contributed by atoms with Gasteiger partial charge in [0.05, 0.1) is 11.1 Å². The summed E-state index contributed by atoms with van der Waals surface area (Å²) in [6, 6.07) is 1.46. The summed E-state index contributed by atoms with van der Waals surface area (Å²) in [5.74, 6) is -0.188. The van der Waals surface area contributed by atoms with E-state index < -0.39 is 6.61 Å². The number of rotatable bonds is 3. The third-order valence-corrected chi connectivity index (χ3v) is 1.82. The Morgan fingerprint density at radius 2 is 2.31 bits per heavy atom. The highest BCUT2D eigenvalue weighted by Crippen LogP contribution is 2.24. The van der Waals surface area contributed by atoms with Gasteiger partial charge in [-0.05, 0) is 27.6 Å². The Hall–Kier alpha value is -0.750. The van der Waals surface area contributed by atoms with Crippen molar-refractivity contribution in [1.29, 1.82) is 0 Å². The molecule has 0 aromatic carbocycles. The van der Waals surface area contributed by atoms with Gasteiger partial charge in [0.2, 0.25) is 5.88 Å². The highest BCUT2D eigenvalue weighted by Gasteiger charge is 2.09. The molecule has 1 aromatic heterocycles. The highest BCUT2D eigenvalue weighted by atomic mass is 79.9. The lowest BCUT2D eigenvalue weighted by Gasteiger charge is -2.05. The van der Waals surface area contributed by atoms with Crippen molar-refractivity contribution in [2.45, 2.75) is 13.2 Å². The molecule has 0 amide bonds. The molecule has 0 bridgehead atoms. The van der Waals surface area contributed by atoms with Crippen LogP contribution in [-0.4, -0.2) is 16.7 Å². The summed E-state index contributed by atoms with van der Waals surface area (Å²) in [4.78, 5) is 3.58. The average Bonchev–Trinajstić information content (AvgIpc) is 2.08. The molecule has 0 spiro atoms. The zero-order valence-corrected chi connectivity index (χ0v) is 7.96. The third-order valence-electron chi connectivity index (χ3n) is 1.25. The van der Waals surface area contributed by atoms with Crippen molar-refractivity contribution >= 4 is 15.9 Å². The van der Waals surface area contributed by atoms with E-state index >= 15 is 0 Å². The molecule has 0 unspecified atom stereocenters. The van der Waals surface area contributed by atoms with Crippen LogP contribution in [0.2, 0.25) is 0 Å². The first-order valence-electron chi connectivity index (χ1n) is 3.33. The highest BCUT2D eigenvalue weighted by molar-refractivity contribution is 9.10. The molecule has 72 valence electrons. The lowest BCUT2D eigenvalue weighted by molar-refractivity contribution is -0.0534. The van der Waals surface area contributed by atoms with E-state index in [4.69, 9.17) is 5.11 Å². The largest absolute Gasteiger partial charge is 0.416 e. The molecule has 13 heavy (non-hydrogen) atoms. The van der Waals surface area contributed by atoms with Gasteiger partial charge in [0.1, 0.15) is 0 Å². The van der Waals surface area contributed by atoms with E-state index in [0.717, 1.165) is 0 Å². The van der Waals surface area contributed by atoms with Crippen LogP contribution in [0.4, 0.5) is 8.78 Å². The monoisotopic (exact) mass is 253 g/mol. The molecule has 0 atom stereocenters. The summed E-state index contributed by atoms with van der Waals surface area (Å²) in [5, 5.41) is 8.69. The summed E-state index contributed by atoms with van der Waals surface area (Å²) >= 11 is 2.98.